The van der Waals surface area contributed by atoms with Crippen LogP contribution >= 0.6 is 0 Å². The third-order valence-electron chi connectivity index (χ3n) is 1.12. The Bertz CT molecular complexity index is 243. The fraction of sp³-hybridized carbons (Fsp3) is 0.200. The first-order valence-electron chi connectivity index (χ1n) is 2.66. The fourth-order valence-electron chi connectivity index (χ4n) is 0.639. The minimum atomic E-state index is -0.591. The zero-order chi connectivity index (χ0) is 7.56. The Morgan fingerprint density at radius 2 is 2.60 bits per heavy atom. The summed E-state index contributed by atoms with van der Waals surface area (Å²) in [6.45, 7) is -0.279. The van der Waals surface area contributed by atoms with Crippen molar-refractivity contribution in [3.05, 3.63) is 18.2 Å². The average Bonchev–Trinajstić information content (AvgIpc) is 2.33. The van der Waals surface area contributed by atoms with E-state index in [-0.39, 0.29) is 12.4 Å². The van der Waals surface area contributed by atoms with Crippen LogP contribution in [0.15, 0.2) is 12.5 Å². The lowest BCUT2D eigenvalue weighted by molar-refractivity contribution is 0.0980. The van der Waals surface area contributed by atoms with Crippen LogP contribution in [0, 0.1) is 0 Å². The summed E-state index contributed by atoms with van der Waals surface area (Å²) < 4.78 is 1.25. The zero-order valence-corrected chi connectivity index (χ0v) is 5.19. The molecule has 0 aliphatic carbocycles. The maximum Gasteiger partial charge on any atom is 0.267 e. The van der Waals surface area contributed by atoms with Gasteiger partial charge in [-0.1, -0.05) is 0 Å². The summed E-state index contributed by atoms with van der Waals surface area (Å²) >= 11 is 0. The number of aliphatic hydroxyl groups excluding tert-OH is 1. The minimum Gasteiger partial charge on any atom is -0.376 e. The number of primary amides is 1. The van der Waals surface area contributed by atoms with Gasteiger partial charge in [-0.15, -0.1) is 0 Å². The highest BCUT2D eigenvalue weighted by Crippen LogP contribution is 1.95. The van der Waals surface area contributed by atoms with E-state index in [0.29, 0.717) is 0 Å². The second-order valence-corrected chi connectivity index (χ2v) is 1.75. The van der Waals surface area contributed by atoms with Crippen LogP contribution in [-0.4, -0.2) is 20.6 Å². The van der Waals surface area contributed by atoms with Crippen molar-refractivity contribution >= 4 is 5.91 Å². The average molecular weight is 141 g/mol. The first kappa shape index (κ1) is 6.76. The number of carbonyl (C=O) groups excluding carboxylic acids is 1. The molecular formula is C5H7N3O2. The molecule has 5 heteroatoms. The molecule has 1 aromatic heterocycles. The number of amides is 1. The smallest absolute Gasteiger partial charge is 0.267 e. The maximum absolute atomic E-state index is 10.5. The molecule has 10 heavy (non-hydrogen) atoms. The molecule has 0 unspecified atom stereocenters. The molecule has 0 radical (unpaired) electrons. The molecule has 0 atom stereocenters. The second kappa shape index (κ2) is 2.49. The molecule has 0 saturated carbocycles. The molecule has 0 saturated heterocycles. The van der Waals surface area contributed by atoms with Gasteiger partial charge < -0.3 is 15.4 Å². The van der Waals surface area contributed by atoms with Gasteiger partial charge in [-0.25, -0.2) is 4.98 Å². The van der Waals surface area contributed by atoms with E-state index in [2.05, 4.69) is 4.98 Å². The van der Waals surface area contributed by atoms with Crippen LogP contribution in [0.3, 0.4) is 0 Å². The van der Waals surface area contributed by atoms with Crippen molar-refractivity contribution in [1.29, 1.82) is 0 Å². The van der Waals surface area contributed by atoms with Gasteiger partial charge in [0.25, 0.3) is 5.91 Å². The molecule has 1 amide bonds. The van der Waals surface area contributed by atoms with Crippen molar-refractivity contribution in [1.82, 2.24) is 9.55 Å². The highest BCUT2D eigenvalue weighted by atomic mass is 16.3. The van der Waals surface area contributed by atoms with Gasteiger partial charge in [0.05, 0.1) is 12.5 Å². The Hall–Kier alpha value is -1.36. The van der Waals surface area contributed by atoms with Crippen molar-refractivity contribution in [2.75, 3.05) is 0 Å². The predicted octanol–water partition coefficient (Wildman–Crippen LogP) is -1.07. The van der Waals surface area contributed by atoms with E-state index in [1.165, 1.54) is 17.1 Å². The zero-order valence-electron chi connectivity index (χ0n) is 5.19. The fourth-order valence-corrected chi connectivity index (χ4v) is 0.639. The van der Waals surface area contributed by atoms with Crippen molar-refractivity contribution in [2.24, 2.45) is 5.73 Å². The standard InChI is InChI=1S/C5H7N3O2/c6-5(10)4-1-7-2-8(4)3-9/h1-2,9H,3H2,(H2,6,10). The number of imidazole rings is 1. The van der Waals surface area contributed by atoms with E-state index in [9.17, 15) is 4.79 Å². The number of nitrogens with zero attached hydrogens (tertiary/aromatic N) is 2. The number of aromatic nitrogens is 2. The van der Waals surface area contributed by atoms with Crippen LogP contribution in [0.1, 0.15) is 10.5 Å². The third-order valence-corrected chi connectivity index (χ3v) is 1.12. The van der Waals surface area contributed by atoms with E-state index in [4.69, 9.17) is 10.8 Å². The number of nitrogens with two attached hydrogens (primary N) is 1. The Morgan fingerprint density at radius 3 is 3.00 bits per heavy atom. The number of hydrogen-bond donors (Lipinski definition) is 2. The van der Waals surface area contributed by atoms with Crippen LogP contribution in [0.5, 0.6) is 0 Å². The molecule has 0 fully saturated rings. The summed E-state index contributed by atoms with van der Waals surface area (Å²) in [5.74, 6) is -0.591. The lowest BCUT2D eigenvalue weighted by atomic mass is 10.4. The van der Waals surface area contributed by atoms with E-state index >= 15 is 0 Å². The molecule has 0 aliphatic heterocycles. The Balaban J connectivity index is 3.01. The number of aliphatic hydroxyl groups is 1. The van der Waals surface area contributed by atoms with Gasteiger partial charge in [-0.2, -0.15) is 0 Å². The summed E-state index contributed by atoms with van der Waals surface area (Å²) in [7, 11) is 0. The molecule has 0 spiro atoms. The Labute approximate surface area is 57.1 Å². The van der Waals surface area contributed by atoms with Crippen LogP contribution in [-0.2, 0) is 6.73 Å². The number of rotatable bonds is 2. The molecular weight excluding hydrogens is 134 g/mol. The van der Waals surface area contributed by atoms with Crippen LogP contribution < -0.4 is 5.73 Å². The van der Waals surface area contributed by atoms with Gasteiger partial charge in [0.15, 0.2) is 0 Å². The minimum absolute atomic E-state index is 0.211. The van der Waals surface area contributed by atoms with E-state index in [0.717, 1.165) is 0 Å². The lowest BCUT2D eigenvalue weighted by Crippen LogP contribution is -2.16. The first-order valence-corrected chi connectivity index (χ1v) is 2.66. The largest absolute Gasteiger partial charge is 0.376 e. The second-order valence-electron chi connectivity index (χ2n) is 1.75. The topological polar surface area (TPSA) is 81.1 Å². The number of carbonyl (C=O) groups is 1. The first-order chi connectivity index (χ1) is 4.75. The molecule has 1 aromatic rings. The molecule has 1 rings (SSSR count). The third kappa shape index (κ3) is 0.985. The highest BCUT2D eigenvalue weighted by molar-refractivity contribution is 5.90. The SMILES string of the molecule is NC(=O)c1cncn1CO. The van der Waals surface area contributed by atoms with Gasteiger partial charge in [-0.3, -0.25) is 4.79 Å². The molecule has 54 valence electrons. The number of hydrogen-bond acceptors (Lipinski definition) is 3. The van der Waals surface area contributed by atoms with E-state index in [1.54, 1.807) is 0 Å². The Morgan fingerprint density at radius 1 is 1.90 bits per heavy atom. The van der Waals surface area contributed by atoms with Crippen molar-refractivity contribution in [2.45, 2.75) is 6.73 Å². The van der Waals surface area contributed by atoms with E-state index < -0.39 is 5.91 Å². The van der Waals surface area contributed by atoms with Crippen molar-refractivity contribution in [3.63, 3.8) is 0 Å². The van der Waals surface area contributed by atoms with Gasteiger partial charge in [0.1, 0.15) is 12.4 Å². The highest BCUT2D eigenvalue weighted by Gasteiger charge is 2.04. The van der Waals surface area contributed by atoms with Crippen LogP contribution in [0.2, 0.25) is 0 Å². The summed E-state index contributed by atoms with van der Waals surface area (Å²) in [5.41, 5.74) is 5.13. The van der Waals surface area contributed by atoms with Crippen LogP contribution in [0.25, 0.3) is 0 Å². The molecule has 0 bridgehead atoms. The van der Waals surface area contributed by atoms with Crippen molar-refractivity contribution in [3.8, 4) is 0 Å². The normalized spacial score (nSPS) is 9.70. The summed E-state index contributed by atoms with van der Waals surface area (Å²) in [6.07, 6.45) is 2.64. The van der Waals surface area contributed by atoms with Gasteiger partial charge >= 0.3 is 0 Å². The summed E-state index contributed by atoms with van der Waals surface area (Å²) in [4.78, 5) is 14.1. The summed E-state index contributed by atoms with van der Waals surface area (Å²) in [6, 6.07) is 0. The Kier molecular flexibility index (Phi) is 1.68. The van der Waals surface area contributed by atoms with Crippen molar-refractivity contribution < 1.29 is 9.90 Å². The molecule has 0 aliphatic rings. The van der Waals surface area contributed by atoms with Gasteiger partial charge in [-0.05, 0) is 0 Å². The lowest BCUT2D eigenvalue weighted by Gasteiger charge is -1.97. The molecule has 3 N–H and O–H groups in total. The predicted molar refractivity (Wildman–Crippen MR) is 33.0 cm³/mol. The molecule has 5 nitrogen and oxygen atoms in total. The van der Waals surface area contributed by atoms with Gasteiger partial charge in [0, 0.05) is 0 Å². The van der Waals surface area contributed by atoms with Crippen LogP contribution in [0.4, 0.5) is 0 Å². The monoisotopic (exact) mass is 141 g/mol. The summed E-state index contributed by atoms with van der Waals surface area (Å²) in [5, 5.41) is 8.57. The molecule has 0 aromatic carbocycles. The van der Waals surface area contributed by atoms with E-state index in [1.807, 2.05) is 0 Å². The quantitative estimate of drug-likeness (QED) is 0.550. The van der Waals surface area contributed by atoms with Gasteiger partial charge in [0.2, 0.25) is 0 Å². The molecule has 1 heterocycles. The maximum atomic E-state index is 10.5.